The van der Waals surface area contributed by atoms with E-state index in [2.05, 4.69) is 4.90 Å². The van der Waals surface area contributed by atoms with Crippen LogP contribution in [0.3, 0.4) is 0 Å². The van der Waals surface area contributed by atoms with Crippen molar-refractivity contribution in [1.82, 2.24) is 4.90 Å². The molecule has 1 amide bonds. The van der Waals surface area contributed by atoms with Gasteiger partial charge in [-0.1, -0.05) is 12.2 Å². The van der Waals surface area contributed by atoms with Crippen LogP contribution in [-0.2, 0) is 4.79 Å². The van der Waals surface area contributed by atoms with Crippen molar-refractivity contribution in [3.63, 3.8) is 0 Å². The third kappa shape index (κ3) is 4.57. The highest BCUT2D eigenvalue weighted by Gasteiger charge is 2.23. The van der Waals surface area contributed by atoms with Crippen LogP contribution in [-0.4, -0.2) is 35.4 Å². The highest BCUT2D eigenvalue weighted by atomic mass is 32.1. The number of nitrogens with two attached hydrogens (primary N) is 2. The number of hydrogen-bond donors (Lipinski definition) is 2. The molecule has 1 atom stereocenters. The van der Waals surface area contributed by atoms with Crippen LogP contribution in [0.2, 0.25) is 0 Å². The average Bonchev–Trinajstić information content (AvgIpc) is 2.17. The maximum absolute atomic E-state index is 11.0. The van der Waals surface area contributed by atoms with Gasteiger partial charge in [0.25, 0.3) is 0 Å². The second-order valence-electron chi connectivity index (χ2n) is 4.11. The average molecular weight is 229 g/mol. The molecular formula is C10H19N3OS. The minimum Gasteiger partial charge on any atom is -0.393 e. The zero-order chi connectivity index (χ0) is 11.3. The summed E-state index contributed by atoms with van der Waals surface area (Å²) in [4.78, 5) is 13.9. The van der Waals surface area contributed by atoms with Gasteiger partial charge in [-0.25, -0.2) is 0 Å². The molecule has 4 N–H and O–H groups in total. The normalized spacial score (nSPS) is 22.5. The van der Waals surface area contributed by atoms with Crippen molar-refractivity contribution < 1.29 is 4.79 Å². The van der Waals surface area contributed by atoms with Gasteiger partial charge in [-0.2, -0.15) is 0 Å². The first-order valence-corrected chi connectivity index (χ1v) is 5.80. The smallest absolute Gasteiger partial charge is 0.221 e. The first kappa shape index (κ1) is 12.4. The Morgan fingerprint density at radius 2 is 2.20 bits per heavy atom. The Kier molecular flexibility index (Phi) is 4.98. The molecule has 0 aromatic heterocycles. The Bertz CT molecular complexity index is 245. The SMILES string of the molecule is NC(=O)C1CCCN(CCCC(N)=S)C1. The number of carbonyl (C=O) groups is 1. The van der Waals surface area contributed by atoms with Crippen molar-refractivity contribution in [3.05, 3.63) is 0 Å². The molecule has 0 spiro atoms. The molecule has 5 heteroatoms. The van der Waals surface area contributed by atoms with Gasteiger partial charge in [0.2, 0.25) is 5.91 Å². The van der Waals surface area contributed by atoms with Crippen LogP contribution in [0, 0.1) is 5.92 Å². The predicted molar refractivity (Wildman–Crippen MR) is 64.4 cm³/mol. The molecule has 0 aromatic carbocycles. The third-order valence-electron chi connectivity index (χ3n) is 2.81. The van der Waals surface area contributed by atoms with Gasteiger partial charge in [0.1, 0.15) is 0 Å². The molecule has 1 aliphatic rings. The minimum absolute atomic E-state index is 0.0311. The lowest BCUT2D eigenvalue weighted by atomic mass is 9.97. The van der Waals surface area contributed by atoms with Crippen molar-refractivity contribution in [2.24, 2.45) is 17.4 Å². The van der Waals surface area contributed by atoms with E-state index in [1.54, 1.807) is 0 Å². The number of amides is 1. The molecular weight excluding hydrogens is 210 g/mol. The molecule has 0 bridgehead atoms. The third-order valence-corrected chi connectivity index (χ3v) is 3.01. The van der Waals surface area contributed by atoms with Crippen LogP contribution in [0.5, 0.6) is 0 Å². The number of nitrogens with zero attached hydrogens (tertiary/aromatic N) is 1. The minimum atomic E-state index is -0.172. The Balaban J connectivity index is 2.24. The van der Waals surface area contributed by atoms with Crippen LogP contribution in [0.1, 0.15) is 25.7 Å². The van der Waals surface area contributed by atoms with Gasteiger partial charge >= 0.3 is 0 Å². The van der Waals surface area contributed by atoms with Gasteiger partial charge in [-0.15, -0.1) is 0 Å². The molecule has 1 fully saturated rings. The van der Waals surface area contributed by atoms with Crippen LogP contribution in [0.25, 0.3) is 0 Å². The molecule has 15 heavy (non-hydrogen) atoms. The van der Waals surface area contributed by atoms with E-state index in [9.17, 15) is 4.79 Å². The van der Waals surface area contributed by atoms with Crippen LogP contribution >= 0.6 is 12.2 Å². The van der Waals surface area contributed by atoms with E-state index in [0.717, 1.165) is 45.3 Å². The lowest BCUT2D eigenvalue weighted by molar-refractivity contribution is -0.123. The lowest BCUT2D eigenvalue weighted by Gasteiger charge is -2.30. The number of likely N-dealkylation sites (tertiary alicyclic amines) is 1. The van der Waals surface area contributed by atoms with Crippen molar-refractivity contribution in [2.75, 3.05) is 19.6 Å². The molecule has 0 saturated carbocycles. The molecule has 0 aromatic rings. The van der Waals surface area contributed by atoms with Gasteiger partial charge in [-0.05, 0) is 38.8 Å². The zero-order valence-electron chi connectivity index (χ0n) is 8.95. The van der Waals surface area contributed by atoms with E-state index in [1.165, 1.54) is 0 Å². The summed E-state index contributed by atoms with van der Waals surface area (Å²) in [7, 11) is 0. The summed E-state index contributed by atoms with van der Waals surface area (Å²) in [6.07, 6.45) is 3.75. The van der Waals surface area contributed by atoms with Crippen molar-refractivity contribution in [2.45, 2.75) is 25.7 Å². The lowest BCUT2D eigenvalue weighted by Crippen LogP contribution is -2.41. The van der Waals surface area contributed by atoms with E-state index in [4.69, 9.17) is 23.7 Å². The molecule has 1 saturated heterocycles. The molecule has 1 aliphatic heterocycles. The van der Waals surface area contributed by atoms with Gasteiger partial charge in [-0.3, -0.25) is 4.79 Å². The standard InChI is InChI=1S/C10H19N3OS/c11-9(15)4-2-6-13-5-1-3-8(7-13)10(12)14/h8H,1-7H2,(H2,11,15)(H2,12,14). The Morgan fingerprint density at radius 1 is 1.47 bits per heavy atom. The number of hydrogen-bond acceptors (Lipinski definition) is 3. The number of rotatable bonds is 5. The van der Waals surface area contributed by atoms with Gasteiger partial charge in [0, 0.05) is 6.54 Å². The topological polar surface area (TPSA) is 72.4 Å². The summed E-state index contributed by atoms with van der Waals surface area (Å²) in [6, 6.07) is 0. The maximum Gasteiger partial charge on any atom is 0.221 e. The monoisotopic (exact) mass is 229 g/mol. The summed E-state index contributed by atoms with van der Waals surface area (Å²) < 4.78 is 0. The molecule has 1 rings (SSSR count). The predicted octanol–water partition coefficient (Wildman–Crippen LogP) is 0.250. The maximum atomic E-state index is 11.0. The van der Waals surface area contributed by atoms with Gasteiger partial charge in [0.05, 0.1) is 10.9 Å². The van der Waals surface area contributed by atoms with Crippen LogP contribution in [0.15, 0.2) is 0 Å². The first-order chi connectivity index (χ1) is 7.09. The molecule has 1 heterocycles. The Labute approximate surface area is 96.0 Å². The second kappa shape index (κ2) is 6.02. The molecule has 86 valence electrons. The molecule has 0 aliphatic carbocycles. The first-order valence-electron chi connectivity index (χ1n) is 5.39. The number of carbonyl (C=O) groups excluding carboxylic acids is 1. The largest absolute Gasteiger partial charge is 0.393 e. The Morgan fingerprint density at radius 3 is 2.80 bits per heavy atom. The molecule has 0 radical (unpaired) electrons. The summed E-state index contributed by atoms with van der Waals surface area (Å²) >= 11 is 4.81. The van der Waals surface area contributed by atoms with Crippen LogP contribution in [0.4, 0.5) is 0 Å². The Hall–Kier alpha value is -0.680. The van der Waals surface area contributed by atoms with E-state index >= 15 is 0 Å². The van der Waals surface area contributed by atoms with Crippen LogP contribution < -0.4 is 11.5 Å². The summed E-state index contributed by atoms with van der Waals surface area (Å²) in [5, 5.41) is 0. The number of thiocarbonyl (C=S) groups is 1. The zero-order valence-corrected chi connectivity index (χ0v) is 9.76. The fourth-order valence-electron chi connectivity index (χ4n) is 1.97. The van der Waals surface area contributed by atoms with Crippen molar-refractivity contribution >= 4 is 23.1 Å². The second-order valence-corrected chi connectivity index (χ2v) is 4.64. The molecule has 4 nitrogen and oxygen atoms in total. The summed E-state index contributed by atoms with van der Waals surface area (Å²) in [5.41, 5.74) is 10.7. The van der Waals surface area contributed by atoms with E-state index < -0.39 is 0 Å². The van der Waals surface area contributed by atoms with E-state index in [1.807, 2.05) is 0 Å². The van der Waals surface area contributed by atoms with Crippen molar-refractivity contribution in [1.29, 1.82) is 0 Å². The molecule has 1 unspecified atom stereocenters. The highest BCUT2D eigenvalue weighted by molar-refractivity contribution is 7.80. The summed E-state index contributed by atoms with van der Waals surface area (Å²) in [6.45, 7) is 2.81. The van der Waals surface area contributed by atoms with Gasteiger partial charge in [0.15, 0.2) is 0 Å². The number of piperidine rings is 1. The van der Waals surface area contributed by atoms with E-state index in [0.29, 0.717) is 4.99 Å². The number of primary amides is 1. The summed E-state index contributed by atoms with van der Waals surface area (Å²) in [5.74, 6) is -0.141. The van der Waals surface area contributed by atoms with E-state index in [-0.39, 0.29) is 11.8 Å². The fraction of sp³-hybridized carbons (Fsp3) is 0.800. The van der Waals surface area contributed by atoms with Gasteiger partial charge < -0.3 is 16.4 Å². The highest BCUT2D eigenvalue weighted by Crippen LogP contribution is 2.16. The van der Waals surface area contributed by atoms with Crippen molar-refractivity contribution in [3.8, 4) is 0 Å². The quantitative estimate of drug-likeness (QED) is 0.663. The fourth-order valence-corrected chi connectivity index (χ4v) is 2.11.